The minimum atomic E-state index is -0.113. The van der Waals surface area contributed by atoms with Crippen LogP contribution in [0.2, 0.25) is 0 Å². The highest BCUT2D eigenvalue weighted by molar-refractivity contribution is 5.94. The summed E-state index contributed by atoms with van der Waals surface area (Å²) in [4.78, 5) is 13.5. The normalized spacial score (nSPS) is 10.3. The van der Waals surface area contributed by atoms with Crippen LogP contribution in [0.3, 0.4) is 0 Å². The van der Waals surface area contributed by atoms with Crippen LogP contribution in [0.25, 0.3) is 5.69 Å². The molecule has 1 N–H and O–H groups in total. The molecule has 0 saturated heterocycles. The highest BCUT2D eigenvalue weighted by Crippen LogP contribution is 2.11. The van der Waals surface area contributed by atoms with E-state index in [0.717, 1.165) is 5.69 Å². The van der Waals surface area contributed by atoms with Crippen molar-refractivity contribution >= 4 is 5.91 Å². The first-order chi connectivity index (χ1) is 8.72. The standard InChI is InChI=1S/C13H15N3O2/c1-15(8-9-17)13(18)11-4-2-5-12(10-11)16-7-3-6-14-16/h2-7,10,17H,8-9H2,1H3. The monoisotopic (exact) mass is 245 g/mol. The molecule has 94 valence electrons. The third kappa shape index (κ3) is 2.57. The van der Waals surface area contributed by atoms with Gasteiger partial charge in [0.15, 0.2) is 0 Å². The molecule has 0 aliphatic carbocycles. The first kappa shape index (κ1) is 12.3. The lowest BCUT2D eigenvalue weighted by Crippen LogP contribution is -2.29. The fourth-order valence-electron chi connectivity index (χ4n) is 1.67. The van der Waals surface area contributed by atoms with E-state index in [9.17, 15) is 4.79 Å². The molecule has 1 amide bonds. The summed E-state index contributed by atoms with van der Waals surface area (Å²) >= 11 is 0. The zero-order valence-electron chi connectivity index (χ0n) is 10.2. The number of aromatic nitrogens is 2. The fourth-order valence-corrected chi connectivity index (χ4v) is 1.67. The number of likely N-dealkylation sites (N-methyl/N-ethyl adjacent to an activating group) is 1. The van der Waals surface area contributed by atoms with E-state index >= 15 is 0 Å². The first-order valence-corrected chi connectivity index (χ1v) is 5.69. The van der Waals surface area contributed by atoms with Crippen LogP contribution in [0.1, 0.15) is 10.4 Å². The summed E-state index contributed by atoms with van der Waals surface area (Å²) in [7, 11) is 1.67. The van der Waals surface area contributed by atoms with E-state index in [2.05, 4.69) is 5.10 Å². The second-order valence-corrected chi connectivity index (χ2v) is 3.95. The number of nitrogens with zero attached hydrogens (tertiary/aromatic N) is 3. The topological polar surface area (TPSA) is 58.4 Å². The number of aliphatic hydroxyl groups excluding tert-OH is 1. The van der Waals surface area contributed by atoms with Gasteiger partial charge in [0.1, 0.15) is 0 Å². The van der Waals surface area contributed by atoms with Gasteiger partial charge in [-0.15, -0.1) is 0 Å². The molecule has 0 unspecified atom stereocenters. The Bertz CT molecular complexity index is 523. The third-order valence-corrected chi connectivity index (χ3v) is 2.64. The Balaban J connectivity index is 2.25. The number of carbonyl (C=O) groups is 1. The summed E-state index contributed by atoms with van der Waals surface area (Å²) in [5, 5.41) is 12.9. The van der Waals surface area contributed by atoms with E-state index in [1.54, 1.807) is 30.1 Å². The highest BCUT2D eigenvalue weighted by Gasteiger charge is 2.11. The van der Waals surface area contributed by atoms with Crippen LogP contribution in [0.4, 0.5) is 0 Å². The van der Waals surface area contributed by atoms with Crippen LogP contribution in [0, 0.1) is 0 Å². The molecule has 0 spiro atoms. The van der Waals surface area contributed by atoms with Crippen molar-refractivity contribution in [3.05, 3.63) is 48.3 Å². The second-order valence-electron chi connectivity index (χ2n) is 3.95. The molecule has 5 heteroatoms. The van der Waals surface area contributed by atoms with E-state index in [-0.39, 0.29) is 12.5 Å². The van der Waals surface area contributed by atoms with E-state index in [0.29, 0.717) is 12.1 Å². The molecule has 0 saturated carbocycles. The molecule has 1 aromatic carbocycles. The lowest BCUT2D eigenvalue weighted by molar-refractivity contribution is 0.0767. The molecule has 18 heavy (non-hydrogen) atoms. The third-order valence-electron chi connectivity index (χ3n) is 2.64. The SMILES string of the molecule is CN(CCO)C(=O)c1cccc(-n2cccn2)c1. The van der Waals surface area contributed by atoms with Gasteiger partial charge in [-0.05, 0) is 24.3 Å². The number of benzene rings is 1. The van der Waals surface area contributed by atoms with Crippen molar-refractivity contribution in [1.29, 1.82) is 0 Å². The maximum absolute atomic E-state index is 12.0. The van der Waals surface area contributed by atoms with Gasteiger partial charge in [0.2, 0.25) is 0 Å². The first-order valence-electron chi connectivity index (χ1n) is 5.69. The predicted octanol–water partition coefficient (Wildman–Crippen LogP) is 0.937. The van der Waals surface area contributed by atoms with Crippen molar-refractivity contribution in [2.24, 2.45) is 0 Å². The number of aliphatic hydroxyl groups is 1. The predicted molar refractivity (Wildman–Crippen MR) is 67.6 cm³/mol. The molecule has 0 fully saturated rings. The fraction of sp³-hybridized carbons (Fsp3) is 0.231. The summed E-state index contributed by atoms with van der Waals surface area (Å²) in [6.07, 6.45) is 3.51. The number of carbonyl (C=O) groups excluding carboxylic acids is 1. The van der Waals surface area contributed by atoms with Gasteiger partial charge in [0, 0.05) is 31.5 Å². The van der Waals surface area contributed by atoms with Crippen LogP contribution in [0.5, 0.6) is 0 Å². The molecule has 0 atom stereocenters. The van der Waals surface area contributed by atoms with Crippen LogP contribution in [-0.2, 0) is 0 Å². The Morgan fingerprint density at radius 3 is 2.94 bits per heavy atom. The van der Waals surface area contributed by atoms with Gasteiger partial charge in [-0.1, -0.05) is 6.07 Å². The summed E-state index contributed by atoms with van der Waals surface area (Å²) in [6.45, 7) is 0.284. The Kier molecular flexibility index (Phi) is 3.74. The van der Waals surface area contributed by atoms with Crippen LogP contribution in [0.15, 0.2) is 42.7 Å². The Morgan fingerprint density at radius 2 is 2.28 bits per heavy atom. The minimum absolute atomic E-state index is 0.0406. The van der Waals surface area contributed by atoms with Crippen molar-refractivity contribution in [2.45, 2.75) is 0 Å². The number of hydrogen-bond donors (Lipinski definition) is 1. The molecule has 0 bridgehead atoms. The highest BCUT2D eigenvalue weighted by atomic mass is 16.3. The molecule has 0 radical (unpaired) electrons. The Morgan fingerprint density at radius 1 is 1.44 bits per heavy atom. The van der Waals surface area contributed by atoms with Crippen LogP contribution < -0.4 is 0 Å². The Hall–Kier alpha value is -2.14. The quantitative estimate of drug-likeness (QED) is 0.872. The van der Waals surface area contributed by atoms with E-state index in [1.807, 2.05) is 24.4 Å². The molecule has 2 aromatic rings. The van der Waals surface area contributed by atoms with Gasteiger partial charge in [-0.25, -0.2) is 4.68 Å². The molecule has 0 aliphatic rings. The lowest BCUT2D eigenvalue weighted by atomic mass is 10.2. The lowest BCUT2D eigenvalue weighted by Gasteiger charge is -2.16. The molecule has 2 rings (SSSR count). The van der Waals surface area contributed by atoms with Gasteiger partial charge in [-0.3, -0.25) is 4.79 Å². The summed E-state index contributed by atoms with van der Waals surface area (Å²) in [6, 6.07) is 9.06. The van der Waals surface area contributed by atoms with Gasteiger partial charge in [0.05, 0.1) is 12.3 Å². The summed E-state index contributed by atoms with van der Waals surface area (Å²) in [5.74, 6) is -0.113. The minimum Gasteiger partial charge on any atom is -0.395 e. The summed E-state index contributed by atoms with van der Waals surface area (Å²) in [5.41, 5.74) is 1.42. The van der Waals surface area contributed by atoms with E-state index in [4.69, 9.17) is 5.11 Å². The second kappa shape index (κ2) is 5.46. The zero-order chi connectivity index (χ0) is 13.0. The van der Waals surface area contributed by atoms with Crippen molar-refractivity contribution in [3.63, 3.8) is 0 Å². The molecule has 0 aliphatic heterocycles. The van der Waals surface area contributed by atoms with Gasteiger partial charge < -0.3 is 10.0 Å². The number of hydrogen-bond acceptors (Lipinski definition) is 3. The van der Waals surface area contributed by atoms with Crippen molar-refractivity contribution < 1.29 is 9.90 Å². The molecule has 1 heterocycles. The van der Waals surface area contributed by atoms with Crippen molar-refractivity contribution in [3.8, 4) is 5.69 Å². The zero-order valence-corrected chi connectivity index (χ0v) is 10.2. The van der Waals surface area contributed by atoms with Gasteiger partial charge in [-0.2, -0.15) is 5.10 Å². The van der Waals surface area contributed by atoms with Crippen molar-refractivity contribution in [1.82, 2.24) is 14.7 Å². The molecular weight excluding hydrogens is 230 g/mol. The number of rotatable bonds is 4. The average Bonchev–Trinajstić information content (AvgIpc) is 2.92. The summed E-state index contributed by atoms with van der Waals surface area (Å²) < 4.78 is 1.70. The Labute approximate surface area is 105 Å². The maximum Gasteiger partial charge on any atom is 0.253 e. The van der Waals surface area contributed by atoms with Crippen LogP contribution >= 0.6 is 0 Å². The van der Waals surface area contributed by atoms with Crippen LogP contribution in [-0.4, -0.2) is 45.9 Å². The average molecular weight is 245 g/mol. The van der Waals surface area contributed by atoms with Gasteiger partial charge >= 0.3 is 0 Å². The molecule has 1 aromatic heterocycles. The van der Waals surface area contributed by atoms with E-state index in [1.165, 1.54) is 4.90 Å². The molecular formula is C13H15N3O2. The number of amides is 1. The largest absolute Gasteiger partial charge is 0.395 e. The maximum atomic E-state index is 12.0. The van der Waals surface area contributed by atoms with Gasteiger partial charge in [0.25, 0.3) is 5.91 Å². The van der Waals surface area contributed by atoms with Crippen molar-refractivity contribution in [2.75, 3.05) is 20.2 Å². The smallest absolute Gasteiger partial charge is 0.253 e. The molecule has 5 nitrogen and oxygen atoms in total. The van der Waals surface area contributed by atoms with E-state index < -0.39 is 0 Å².